The van der Waals surface area contributed by atoms with Crippen molar-refractivity contribution in [1.29, 1.82) is 0 Å². The highest BCUT2D eigenvalue weighted by Gasteiger charge is 2.00. The van der Waals surface area contributed by atoms with Gasteiger partial charge in [0.1, 0.15) is 0 Å². The van der Waals surface area contributed by atoms with Gasteiger partial charge in [-0.2, -0.15) is 0 Å². The maximum absolute atomic E-state index is 8.70. The summed E-state index contributed by atoms with van der Waals surface area (Å²) in [7, 11) is -0.162. The van der Waals surface area contributed by atoms with Gasteiger partial charge in [-0.25, -0.2) is 0 Å². The maximum atomic E-state index is 8.70. The number of rotatable bonds is 5. The molecule has 0 bridgehead atoms. The molecule has 3 nitrogen and oxygen atoms in total. The molecule has 56 valence electrons. The average molecular weight is 152 g/mol. The van der Waals surface area contributed by atoms with Gasteiger partial charge in [-0.1, -0.05) is 13.3 Å². The lowest BCUT2D eigenvalue weighted by atomic mass is 10.4. The number of unbranched alkanes of at least 4 members (excludes halogenated alkanes) is 1. The normalized spacial score (nSPS) is 13.7. The lowest BCUT2D eigenvalue weighted by Crippen LogP contribution is -1.88. The monoisotopic (exact) mass is 152 g/mol. The van der Waals surface area contributed by atoms with Gasteiger partial charge in [0, 0.05) is 7.11 Å². The topological polar surface area (TPSA) is 38.7 Å². The van der Waals surface area contributed by atoms with Crippen LogP contribution < -0.4 is 0 Å². The van der Waals surface area contributed by atoms with Crippen molar-refractivity contribution in [1.82, 2.24) is 0 Å². The van der Waals surface area contributed by atoms with E-state index < -0.39 is 8.60 Å². The van der Waals surface area contributed by atoms with E-state index in [0.29, 0.717) is 6.61 Å². The van der Waals surface area contributed by atoms with Crippen molar-refractivity contribution in [3.05, 3.63) is 0 Å². The second-order valence-corrected chi connectivity index (χ2v) is 2.71. The molecule has 0 aromatic carbocycles. The molecule has 0 aromatic rings. The Bertz CT molecular complexity index is 60.2. The molecule has 1 unspecified atom stereocenters. The van der Waals surface area contributed by atoms with E-state index in [-0.39, 0.29) is 0 Å². The van der Waals surface area contributed by atoms with Crippen LogP contribution >= 0.6 is 8.60 Å². The molecular weight excluding hydrogens is 139 g/mol. The van der Waals surface area contributed by atoms with Crippen molar-refractivity contribution in [2.45, 2.75) is 19.8 Å². The van der Waals surface area contributed by atoms with Crippen molar-refractivity contribution in [3.8, 4) is 0 Å². The second-order valence-electron chi connectivity index (χ2n) is 1.61. The Morgan fingerprint density at radius 2 is 2.22 bits per heavy atom. The Kier molecular flexibility index (Phi) is 6.65. The van der Waals surface area contributed by atoms with Gasteiger partial charge in [-0.05, 0) is 6.42 Å². The summed E-state index contributed by atoms with van der Waals surface area (Å²) in [6.45, 7) is 2.66. The Morgan fingerprint density at radius 3 is 2.67 bits per heavy atom. The van der Waals surface area contributed by atoms with Crippen LogP contribution in [-0.4, -0.2) is 18.6 Å². The maximum Gasteiger partial charge on any atom is 0.329 e. The Hall–Kier alpha value is 0.310. The predicted molar refractivity (Wildman–Crippen MR) is 37.0 cm³/mol. The van der Waals surface area contributed by atoms with Crippen molar-refractivity contribution in [2.24, 2.45) is 0 Å². The van der Waals surface area contributed by atoms with E-state index in [4.69, 9.17) is 9.42 Å². The Morgan fingerprint density at radius 1 is 1.56 bits per heavy atom. The van der Waals surface area contributed by atoms with E-state index in [2.05, 4.69) is 11.4 Å². The third-order valence-electron chi connectivity index (χ3n) is 0.856. The molecule has 0 aromatic heterocycles. The molecule has 0 saturated carbocycles. The summed E-state index contributed by atoms with van der Waals surface area (Å²) in [6, 6.07) is 0. The highest BCUT2D eigenvalue weighted by Crippen LogP contribution is 2.30. The highest BCUT2D eigenvalue weighted by atomic mass is 31.2. The summed E-state index contributed by atoms with van der Waals surface area (Å²) in [4.78, 5) is 8.70. The molecule has 0 fully saturated rings. The van der Waals surface area contributed by atoms with Crippen LogP contribution in [0.3, 0.4) is 0 Å². The van der Waals surface area contributed by atoms with Crippen LogP contribution in [0.2, 0.25) is 0 Å². The van der Waals surface area contributed by atoms with E-state index in [1.54, 1.807) is 0 Å². The number of hydrogen-bond acceptors (Lipinski definition) is 3. The summed E-state index contributed by atoms with van der Waals surface area (Å²) in [5, 5.41) is 0. The largest absolute Gasteiger partial charge is 0.329 e. The fraction of sp³-hybridized carbons (Fsp3) is 1.00. The standard InChI is InChI=1S/C5H13O3P/c1-3-4-5-8-9(6)7-2/h6H,3-5H2,1-2H3. The fourth-order valence-corrected chi connectivity index (χ4v) is 0.730. The van der Waals surface area contributed by atoms with Crippen LogP contribution in [0.15, 0.2) is 0 Å². The minimum atomic E-state index is -1.59. The van der Waals surface area contributed by atoms with Crippen LogP contribution in [-0.2, 0) is 9.05 Å². The second kappa shape index (κ2) is 6.43. The summed E-state index contributed by atoms with van der Waals surface area (Å²) in [5.41, 5.74) is 0. The van der Waals surface area contributed by atoms with E-state index in [1.807, 2.05) is 0 Å². The van der Waals surface area contributed by atoms with Crippen molar-refractivity contribution in [3.63, 3.8) is 0 Å². The van der Waals surface area contributed by atoms with Gasteiger partial charge in [0.05, 0.1) is 6.61 Å². The van der Waals surface area contributed by atoms with Crippen LogP contribution in [0.4, 0.5) is 0 Å². The smallest absolute Gasteiger partial charge is 0.328 e. The third kappa shape index (κ3) is 6.19. The van der Waals surface area contributed by atoms with Crippen LogP contribution in [0.1, 0.15) is 19.8 Å². The van der Waals surface area contributed by atoms with Crippen LogP contribution in [0.25, 0.3) is 0 Å². The van der Waals surface area contributed by atoms with E-state index >= 15 is 0 Å². The summed E-state index contributed by atoms with van der Waals surface area (Å²) < 4.78 is 9.32. The zero-order valence-electron chi connectivity index (χ0n) is 5.83. The summed E-state index contributed by atoms with van der Waals surface area (Å²) in [5.74, 6) is 0. The predicted octanol–water partition coefficient (Wildman–Crippen LogP) is 1.67. The van der Waals surface area contributed by atoms with Crippen molar-refractivity contribution in [2.75, 3.05) is 13.7 Å². The van der Waals surface area contributed by atoms with Gasteiger partial charge in [-0.15, -0.1) is 0 Å². The van der Waals surface area contributed by atoms with Crippen molar-refractivity contribution >= 4 is 8.60 Å². The van der Waals surface area contributed by atoms with E-state index in [1.165, 1.54) is 7.11 Å². The third-order valence-corrected chi connectivity index (χ3v) is 1.57. The Labute approximate surface area is 57.0 Å². The molecule has 4 heteroatoms. The molecule has 0 radical (unpaired) electrons. The fourth-order valence-electron chi connectivity index (χ4n) is 0.340. The number of hydrogen-bond donors (Lipinski definition) is 1. The molecule has 0 spiro atoms. The summed E-state index contributed by atoms with van der Waals surface area (Å²) in [6.07, 6.45) is 2.05. The minimum Gasteiger partial charge on any atom is -0.328 e. The highest BCUT2D eigenvalue weighted by molar-refractivity contribution is 7.40. The zero-order chi connectivity index (χ0) is 7.11. The summed E-state index contributed by atoms with van der Waals surface area (Å²) >= 11 is 0. The lowest BCUT2D eigenvalue weighted by molar-refractivity contribution is 0.226. The molecular formula is C5H13O3P. The van der Waals surface area contributed by atoms with Gasteiger partial charge < -0.3 is 13.9 Å². The lowest BCUT2D eigenvalue weighted by Gasteiger charge is -2.05. The van der Waals surface area contributed by atoms with E-state index in [9.17, 15) is 0 Å². The minimum absolute atomic E-state index is 0.590. The molecule has 0 aliphatic heterocycles. The molecule has 0 rings (SSSR count). The molecule has 1 N–H and O–H groups in total. The molecule has 9 heavy (non-hydrogen) atoms. The molecule has 0 aliphatic carbocycles. The van der Waals surface area contributed by atoms with Gasteiger partial charge >= 0.3 is 8.60 Å². The first-order valence-corrected chi connectivity index (χ1v) is 4.10. The zero-order valence-corrected chi connectivity index (χ0v) is 6.73. The quantitative estimate of drug-likeness (QED) is 0.481. The average Bonchev–Trinajstić information content (AvgIpc) is 1.89. The van der Waals surface area contributed by atoms with Crippen LogP contribution in [0.5, 0.6) is 0 Å². The molecule has 0 amide bonds. The van der Waals surface area contributed by atoms with Gasteiger partial charge in [-0.3, -0.25) is 0 Å². The van der Waals surface area contributed by atoms with Crippen LogP contribution in [0, 0.1) is 0 Å². The molecule has 0 aliphatic rings. The van der Waals surface area contributed by atoms with Crippen molar-refractivity contribution < 1.29 is 13.9 Å². The SMILES string of the molecule is CCCCOP(O)OC. The van der Waals surface area contributed by atoms with Gasteiger partial charge in [0.15, 0.2) is 0 Å². The first kappa shape index (κ1) is 9.31. The van der Waals surface area contributed by atoms with E-state index in [0.717, 1.165) is 12.8 Å². The molecule has 0 saturated heterocycles. The molecule has 1 atom stereocenters. The van der Waals surface area contributed by atoms with Gasteiger partial charge in [0.25, 0.3) is 0 Å². The molecule has 0 heterocycles. The van der Waals surface area contributed by atoms with Gasteiger partial charge in [0.2, 0.25) is 0 Å². The Balaban J connectivity index is 2.88. The first-order chi connectivity index (χ1) is 4.31. The first-order valence-electron chi connectivity index (χ1n) is 2.97.